The molecule has 24 nitrogen and oxygen atoms in total. The number of ether oxygens (including phenoxy) is 2. The van der Waals surface area contributed by atoms with Crippen molar-refractivity contribution in [3.8, 4) is 11.8 Å². The predicted octanol–water partition coefficient (Wildman–Crippen LogP) is 12.4. The number of nitrogens with zero attached hydrogens (tertiary/aromatic N) is 10. The van der Waals surface area contributed by atoms with E-state index in [0.29, 0.717) is 91.7 Å². The molecule has 16 rings (SSSR count). The second kappa shape index (κ2) is 38.3. The minimum Gasteiger partial charge on any atom is -0.481 e. The third-order valence-corrected chi connectivity index (χ3v) is 21.5. The molecule has 10 N–H and O–H groups in total. The number of aromatic nitrogens is 12. The van der Waals surface area contributed by atoms with Crippen LogP contribution in [0, 0.1) is 49.3 Å². The van der Waals surface area contributed by atoms with Crippen LogP contribution in [-0.4, -0.2) is 118 Å². The number of fused-ring (bicyclic) bond motifs is 4. The third kappa shape index (κ3) is 18.9. The topological polar surface area (TPSA) is 326 Å². The Bertz CT molecular complexity index is 6440. The first-order chi connectivity index (χ1) is 57.4. The number of pyridine rings is 4. The molecule has 0 aliphatic rings. The Hall–Kier alpha value is -13.5. The number of nitrogens with one attached hydrogen (secondary N) is 6. The summed E-state index contributed by atoms with van der Waals surface area (Å²) in [5, 5.41) is 76.2. The van der Waals surface area contributed by atoms with Crippen molar-refractivity contribution in [1.29, 1.82) is 21.6 Å². The van der Waals surface area contributed by atoms with Gasteiger partial charge in [-0.05, 0) is 135 Å². The summed E-state index contributed by atoms with van der Waals surface area (Å²) in [6.07, 6.45) is 8.66. The molecular weight excluding hydrogens is 1480 g/mol. The molecule has 24 heteroatoms. The van der Waals surface area contributed by atoms with Gasteiger partial charge in [-0.1, -0.05) is 192 Å². The fraction of sp³-hybridized carbons (Fsp3) is 0.234. The van der Waals surface area contributed by atoms with Gasteiger partial charge >= 0.3 is 0 Å². The van der Waals surface area contributed by atoms with Crippen LogP contribution in [0.15, 0.2) is 277 Å². The second-order valence-electron chi connectivity index (χ2n) is 29.6. The van der Waals surface area contributed by atoms with E-state index in [9.17, 15) is 30.0 Å². The molecule has 8 heterocycles. The van der Waals surface area contributed by atoms with E-state index in [1.807, 2.05) is 158 Å². The van der Waals surface area contributed by atoms with E-state index in [0.717, 1.165) is 83.1 Å². The highest BCUT2D eigenvalue weighted by atomic mass is 16.5. The van der Waals surface area contributed by atoms with Gasteiger partial charge in [-0.2, -0.15) is 0 Å². The van der Waals surface area contributed by atoms with Crippen LogP contribution >= 0.6 is 0 Å². The lowest BCUT2D eigenvalue weighted by molar-refractivity contribution is 0.224. The van der Waals surface area contributed by atoms with Gasteiger partial charge in [-0.15, -0.1) is 0 Å². The highest BCUT2D eigenvalue weighted by molar-refractivity contribution is 5.79. The zero-order chi connectivity index (χ0) is 82.9. The number of hydrogen-bond donors (Lipinski definition) is 10. The second-order valence-corrected chi connectivity index (χ2v) is 29.6. The van der Waals surface area contributed by atoms with Gasteiger partial charge in [0.1, 0.15) is 0 Å². The van der Waals surface area contributed by atoms with Crippen LogP contribution in [0.2, 0.25) is 0 Å². The lowest BCUT2D eigenvalue weighted by atomic mass is 10.1. The van der Waals surface area contributed by atoms with Crippen molar-refractivity contribution in [3.63, 3.8) is 0 Å². The van der Waals surface area contributed by atoms with Crippen molar-refractivity contribution in [2.24, 2.45) is 0 Å². The molecule has 0 fully saturated rings. The number of benzene rings is 8. The van der Waals surface area contributed by atoms with Gasteiger partial charge in [0.05, 0.1) is 135 Å². The molecule has 0 radical (unpaired) electrons. The zero-order valence-electron chi connectivity index (χ0n) is 67.1. The van der Waals surface area contributed by atoms with Crippen LogP contribution in [-0.2, 0) is 51.9 Å². The molecule has 0 amide bonds. The molecule has 0 aliphatic carbocycles. The molecule has 4 atom stereocenters. The minimum absolute atomic E-state index is 0.0683. The maximum absolute atomic E-state index is 12.1. The molecule has 118 heavy (non-hydrogen) atoms. The van der Waals surface area contributed by atoms with E-state index in [-0.39, 0.29) is 55.7 Å². The molecule has 0 spiro atoms. The van der Waals surface area contributed by atoms with Crippen LogP contribution in [0.3, 0.4) is 0 Å². The first-order valence-corrected chi connectivity index (χ1v) is 39.3. The highest BCUT2D eigenvalue weighted by Crippen LogP contribution is 2.28. The van der Waals surface area contributed by atoms with E-state index >= 15 is 0 Å². The monoisotopic (exact) mass is 1580 g/mol. The van der Waals surface area contributed by atoms with Crippen molar-refractivity contribution >= 4 is 44.1 Å². The highest BCUT2D eigenvalue weighted by Gasteiger charge is 2.25. The van der Waals surface area contributed by atoms with Gasteiger partial charge in [0.25, 0.3) is 5.56 Å². The molecule has 16 aromatic rings. The summed E-state index contributed by atoms with van der Waals surface area (Å²) in [6.45, 7) is 10.2. The van der Waals surface area contributed by atoms with Gasteiger partial charge in [-0.25, -0.2) is 9.97 Å². The average Bonchev–Trinajstić information content (AvgIpc) is 1.63. The number of aryl methyl sites for hydroxylation is 4. The Morgan fingerprint density at radius 3 is 1.00 bits per heavy atom. The molecule has 0 aliphatic heterocycles. The SMILES string of the molecule is COc1ccc(CC(CO)n2c(=N)n(Cc3ccc(C)cc3)c3ccccc32)cn1.COc1ncccc1CC(CO)n1c(=N)n(Cc2ccc(C)cc2)c2ccccc21.Cc1ccc(Cn2c(=N)n(C(CO)Cc3ccc(=O)[nH]c3)c3ccccc32)cc1.Cc1ccc(Cn2c(=N)n(C(CO)Cc3ccc[nH]c3=O)c3ccccc32)cc1. The summed E-state index contributed by atoms with van der Waals surface area (Å²) in [4.78, 5) is 37.3. The Morgan fingerprint density at radius 2 is 0.678 bits per heavy atom. The lowest BCUT2D eigenvalue weighted by Crippen LogP contribution is -2.31. The van der Waals surface area contributed by atoms with Gasteiger partial charge in [0.2, 0.25) is 39.8 Å². The summed E-state index contributed by atoms with van der Waals surface area (Å²) in [7, 11) is 3.18. The molecule has 4 unspecified atom stereocenters. The van der Waals surface area contributed by atoms with Gasteiger partial charge < -0.3 is 76.4 Å². The molecule has 8 aromatic heterocycles. The van der Waals surface area contributed by atoms with Gasteiger partial charge in [0.15, 0.2) is 0 Å². The molecule has 0 saturated carbocycles. The maximum Gasteiger partial charge on any atom is 0.251 e. The number of methoxy groups -OCH3 is 2. The van der Waals surface area contributed by atoms with Gasteiger partial charge in [0, 0.05) is 60.9 Å². The first kappa shape index (κ1) is 82.5. The fourth-order valence-electron chi connectivity index (χ4n) is 15.2. The number of aromatic amines is 2. The largest absolute Gasteiger partial charge is 0.481 e. The normalized spacial score (nSPS) is 12.3. The summed E-state index contributed by atoms with van der Waals surface area (Å²) < 4.78 is 26.0. The number of aliphatic hydroxyl groups is 4. The molecular formula is C94H100N16O8. The van der Waals surface area contributed by atoms with Crippen molar-refractivity contribution in [2.45, 2.75) is 104 Å². The number of hydrogen-bond acceptors (Lipinski definition) is 14. The van der Waals surface area contributed by atoms with Crippen LogP contribution < -0.4 is 43.1 Å². The number of imidazole rings is 4. The van der Waals surface area contributed by atoms with Crippen LogP contribution in [0.4, 0.5) is 0 Å². The Morgan fingerprint density at radius 1 is 0.347 bits per heavy atom. The van der Waals surface area contributed by atoms with Crippen molar-refractivity contribution in [3.05, 3.63) is 377 Å². The summed E-state index contributed by atoms with van der Waals surface area (Å²) in [5.41, 5.74) is 21.3. The van der Waals surface area contributed by atoms with E-state index in [1.165, 1.54) is 28.3 Å². The molecule has 0 bridgehead atoms. The summed E-state index contributed by atoms with van der Waals surface area (Å²) in [6, 6.07) is 78.1. The number of H-pyrrole nitrogens is 2. The third-order valence-electron chi connectivity index (χ3n) is 21.5. The van der Waals surface area contributed by atoms with E-state index in [2.05, 4.69) is 145 Å². The van der Waals surface area contributed by atoms with E-state index in [4.69, 9.17) is 31.1 Å². The Balaban J connectivity index is 0.000000136. The van der Waals surface area contributed by atoms with Crippen LogP contribution in [0.5, 0.6) is 11.8 Å². The molecule has 8 aromatic carbocycles. The van der Waals surface area contributed by atoms with Crippen molar-refractivity contribution in [2.75, 3.05) is 40.6 Å². The average molecular weight is 1580 g/mol. The van der Waals surface area contributed by atoms with Crippen molar-refractivity contribution < 1.29 is 29.9 Å². The summed E-state index contributed by atoms with van der Waals surface area (Å²) in [5.74, 6) is 1.11. The van der Waals surface area contributed by atoms with Crippen LogP contribution in [0.1, 0.15) is 90.9 Å². The number of para-hydroxylation sites is 8. The molecule has 604 valence electrons. The van der Waals surface area contributed by atoms with E-state index in [1.54, 1.807) is 57.2 Å². The smallest absolute Gasteiger partial charge is 0.251 e. The lowest BCUT2D eigenvalue weighted by Gasteiger charge is -2.18. The minimum atomic E-state index is -0.407. The van der Waals surface area contributed by atoms with Crippen LogP contribution in [0.25, 0.3) is 44.1 Å². The Kier molecular flexibility index (Phi) is 26.8. The Labute approximate surface area is 682 Å². The zero-order valence-corrected chi connectivity index (χ0v) is 67.1. The quantitative estimate of drug-likeness (QED) is 0.0244. The molecule has 0 saturated heterocycles. The van der Waals surface area contributed by atoms with Crippen molar-refractivity contribution in [1.82, 2.24) is 56.5 Å². The predicted molar refractivity (Wildman–Crippen MR) is 459 cm³/mol. The summed E-state index contributed by atoms with van der Waals surface area (Å²) >= 11 is 0. The van der Waals surface area contributed by atoms with E-state index < -0.39 is 6.04 Å². The number of aliphatic hydroxyl groups excluding tert-OH is 4. The fourth-order valence-corrected chi connectivity index (χ4v) is 15.2. The number of rotatable bonds is 26. The maximum atomic E-state index is 12.1. The van der Waals surface area contributed by atoms with Gasteiger partial charge in [-0.3, -0.25) is 31.2 Å². The first-order valence-electron chi connectivity index (χ1n) is 39.3. The standard InChI is InChI=1S/2C24H26N4O2.2C23H24N4O2/c1-17-9-11-18(12-10-17)15-27-21-7-3-4-8-22(21)28(24(27)25)20(16-29)14-19-6-5-13-26-23(19)30-2;1-17-7-9-18(10-8-17)15-27-21-5-3-4-6-22(21)28(24(27)25)20(16-29)13-19-11-12-23(30-2)26-14-19;1-16-8-10-17(11-9-16)14-26-20-6-2-3-7-21(20)27(23(26)24)19(15-28)13-18-5-4-12-25-22(18)29;1-16-6-8-17(9-7-16)14-26-20-4-2-3-5-21(20)27(23(26)24)19(15-28)12-18-10-11-22(29)25-13-18/h3-13,20,25,29H,14-16H2,1-2H3;3-12,14,20,25,29H,13,15-16H2,1-2H3;2-12,19,24,28H,13-15H2,1H3,(H,25,29);2-11,13,19,24,28H,12,14-15H2,1H3,(H,25,29).